The van der Waals surface area contributed by atoms with Crippen LogP contribution in [0.5, 0.6) is 0 Å². The van der Waals surface area contributed by atoms with E-state index in [-0.39, 0.29) is 23.8 Å². The number of carbonyl (C=O) groups is 2. The zero-order valence-electron chi connectivity index (χ0n) is 20.4. The fraction of sp³-hybridized carbons (Fsp3) is 0.560. The van der Waals surface area contributed by atoms with Crippen LogP contribution in [0.15, 0.2) is 30.3 Å². The van der Waals surface area contributed by atoms with Crippen molar-refractivity contribution in [3.8, 4) is 5.69 Å². The average Bonchev–Trinajstić information content (AvgIpc) is 3.15. The summed E-state index contributed by atoms with van der Waals surface area (Å²) in [5.41, 5.74) is 2.67. The Balaban J connectivity index is 2.23. The number of carbonyl (C=O) groups excluding carboxylic acids is 2. The molecule has 176 valence electrons. The van der Waals surface area contributed by atoms with Crippen molar-refractivity contribution in [3.63, 3.8) is 0 Å². The largest absolute Gasteiger partial charge is 0.383 e. The Labute approximate surface area is 192 Å². The third-order valence-corrected chi connectivity index (χ3v) is 5.34. The highest BCUT2D eigenvalue weighted by atomic mass is 16.5. The molecule has 2 aromatic rings. The van der Waals surface area contributed by atoms with Gasteiger partial charge in [0.15, 0.2) is 0 Å². The SMILES string of the molecule is CCCCCC(=O)N(CCOC)CC(=O)Nc1cc(C(C)(C)C)nn1-c1ccccc1C. The molecule has 0 unspecified atom stereocenters. The number of aryl methyl sites for hydroxylation is 1. The van der Waals surface area contributed by atoms with Crippen LogP contribution in [0.25, 0.3) is 5.69 Å². The van der Waals surface area contributed by atoms with Crippen molar-refractivity contribution >= 4 is 17.6 Å². The van der Waals surface area contributed by atoms with Gasteiger partial charge in [0.1, 0.15) is 5.82 Å². The lowest BCUT2D eigenvalue weighted by Gasteiger charge is -2.22. The van der Waals surface area contributed by atoms with Crippen LogP contribution in [0.2, 0.25) is 0 Å². The van der Waals surface area contributed by atoms with Crippen LogP contribution in [0.4, 0.5) is 5.82 Å². The van der Waals surface area contributed by atoms with Crippen molar-refractivity contribution < 1.29 is 14.3 Å². The number of amides is 2. The van der Waals surface area contributed by atoms with Crippen LogP contribution in [-0.2, 0) is 19.7 Å². The fourth-order valence-electron chi connectivity index (χ4n) is 3.35. The van der Waals surface area contributed by atoms with Crippen molar-refractivity contribution in [2.45, 2.75) is 65.7 Å². The quantitative estimate of drug-likeness (QED) is 0.521. The number of rotatable bonds is 11. The Hall–Kier alpha value is -2.67. The third kappa shape index (κ3) is 7.19. The first-order valence-electron chi connectivity index (χ1n) is 11.4. The number of nitrogens with one attached hydrogen (secondary N) is 1. The summed E-state index contributed by atoms with van der Waals surface area (Å²) in [7, 11) is 1.59. The Morgan fingerprint density at radius 2 is 1.91 bits per heavy atom. The van der Waals surface area contributed by atoms with E-state index in [1.54, 1.807) is 16.7 Å². The standard InChI is InChI=1S/C25H38N4O3/c1-7-8-9-14-24(31)28(15-16-32-6)18-23(30)26-22-17-21(25(3,4)5)27-29(22)20-13-11-10-12-19(20)2/h10-13,17H,7-9,14-16,18H2,1-6H3,(H,26,30). The van der Waals surface area contributed by atoms with Crippen LogP contribution >= 0.6 is 0 Å². The molecule has 0 atom stereocenters. The van der Waals surface area contributed by atoms with Gasteiger partial charge in [-0.25, -0.2) is 4.68 Å². The molecule has 1 aromatic heterocycles. The molecule has 0 saturated heterocycles. The lowest BCUT2D eigenvalue weighted by atomic mass is 9.92. The summed E-state index contributed by atoms with van der Waals surface area (Å²) in [6.45, 7) is 11.1. The Morgan fingerprint density at radius 3 is 2.53 bits per heavy atom. The highest BCUT2D eigenvalue weighted by molar-refractivity contribution is 5.94. The van der Waals surface area contributed by atoms with E-state index < -0.39 is 0 Å². The van der Waals surface area contributed by atoms with Gasteiger partial charge in [-0.05, 0) is 25.0 Å². The molecule has 7 nitrogen and oxygen atoms in total. The van der Waals surface area contributed by atoms with E-state index in [0.29, 0.717) is 25.4 Å². The molecule has 0 spiro atoms. The number of anilines is 1. The Morgan fingerprint density at radius 1 is 1.19 bits per heavy atom. The maximum atomic E-state index is 13.0. The minimum absolute atomic E-state index is 0.0158. The molecular formula is C25H38N4O3. The number of benzene rings is 1. The average molecular weight is 443 g/mol. The number of unbranched alkanes of at least 4 members (excludes halogenated alkanes) is 2. The maximum absolute atomic E-state index is 13.0. The number of hydrogen-bond donors (Lipinski definition) is 1. The smallest absolute Gasteiger partial charge is 0.245 e. The second-order valence-corrected chi connectivity index (χ2v) is 9.18. The molecule has 1 aromatic carbocycles. The van der Waals surface area contributed by atoms with E-state index in [0.717, 1.165) is 36.2 Å². The van der Waals surface area contributed by atoms with Gasteiger partial charge >= 0.3 is 0 Å². The molecule has 0 fully saturated rings. The number of aromatic nitrogens is 2. The van der Waals surface area contributed by atoms with Gasteiger partial charge in [-0.3, -0.25) is 9.59 Å². The molecule has 32 heavy (non-hydrogen) atoms. The van der Waals surface area contributed by atoms with Crippen molar-refractivity contribution in [1.82, 2.24) is 14.7 Å². The molecule has 0 aliphatic rings. The molecule has 0 saturated carbocycles. The van der Waals surface area contributed by atoms with Crippen LogP contribution in [0.3, 0.4) is 0 Å². The van der Waals surface area contributed by atoms with Gasteiger partial charge in [-0.15, -0.1) is 0 Å². The van der Waals surface area contributed by atoms with E-state index in [1.165, 1.54) is 0 Å². The third-order valence-electron chi connectivity index (χ3n) is 5.34. The highest BCUT2D eigenvalue weighted by Gasteiger charge is 2.23. The number of methoxy groups -OCH3 is 1. The van der Waals surface area contributed by atoms with Crippen molar-refractivity contribution in [3.05, 3.63) is 41.6 Å². The summed E-state index contributed by atoms with van der Waals surface area (Å²) in [5, 5.41) is 7.77. The van der Waals surface area contributed by atoms with Gasteiger partial charge in [0.05, 0.1) is 24.5 Å². The Bertz CT molecular complexity index is 899. The normalized spacial score (nSPS) is 11.4. The summed E-state index contributed by atoms with van der Waals surface area (Å²) in [6.07, 6.45) is 3.32. The monoisotopic (exact) mass is 442 g/mol. The van der Waals surface area contributed by atoms with Gasteiger partial charge in [-0.1, -0.05) is 58.7 Å². The van der Waals surface area contributed by atoms with E-state index in [9.17, 15) is 9.59 Å². The van der Waals surface area contributed by atoms with Gasteiger partial charge < -0.3 is 15.0 Å². The zero-order chi connectivity index (χ0) is 23.7. The van der Waals surface area contributed by atoms with Gasteiger partial charge in [0.2, 0.25) is 11.8 Å². The van der Waals surface area contributed by atoms with Crippen LogP contribution < -0.4 is 5.32 Å². The predicted molar refractivity (Wildman–Crippen MR) is 128 cm³/mol. The second-order valence-electron chi connectivity index (χ2n) is 9.18. The van der Waals surface area contributed by atoms with Crippen molar-refractivity contribution in [1.29, 1.82) is 0 Å². The van der Waals surface area contributed by atoms with E-state index >= 15 is 0 Å². The number of hydrogen-bond acceptors (Lipinski definition) is 4. The van der Waals surface area contributed by atoms with E-state index in [1.807, 2.05) is 37.3 Å². The van der Waals surface area contributed by atoms with Crippen LogP contribution in [0, 0.1) is 6.92 Å². The molecule has 0 radical (unpaired) electrons. The number of ether oxygens (including phenoxy) is 1. The van der Waals surface area contributed by atoms with Gasteiger partial charge in [0, 0.05) is 31.6 Å². The molecule has 7 heteroatoms. The summed E-state index contributed by atoms with van der Waals surface area (Å²) in [5.74, 6) is 0.327. The Kier molecular flexibility index (Phi) is 9.44. The molecule has 0 aliphatic heterocycles. The number of para-hydroxylation sites is 1. The van der Waals surface area contributed by atoms with E-state index in [2.05, 4.69) is 33.0 Å². The molecule has 0 aliphatic carbocycles. The molecule has 1 N–H and O–H groups in total. The molecule has 2 rings (SSSR count). The predicted octanol–water partition coefficient (Wildman–Crippen LogP) is 4.47. The maximum Gasteiger partial charge on any atom is 0.245 e. The lowest BCUT2D eigenvalue weighted by molar-refractivity contribution is -0.135. The molecular weight excluding hydrogens is 404 g/mol. The van der Waals surface area contributed by atoms with Crippen molar-refractivity contribution in [2.24, 2.45) is 0 Å². The van der Waals surface area contributed by atoms with Crippen molar-refractivity contribution in [2.75, 3.05) is 32.1 Å². The highest BCUT2D eigenvalue weighted by Crippen LogP contribution is 2.27. The lowest BCUT2D eigenvalue weighted by Crippen LogP contribution is -2.40. The second kappa shape index (κ2) is 11.8. The minimum atomic E-state index is -0.250. The first-order chi connectivity index (χ1) is 15.2. The van der Waals surface area contributed by atoms with Gasteiger partial charge in [-0.2, -0.15) is 5.10 Å². The first kappa shape index (κ1) is 25.6. The number of nitrogens with zero attached hydrogens (tertiary/aromatic N) is 3. The van der Waals surface area contributed by atoms with Crippen LogP contribution in [-0.4, -0.2) is 53.3 Å². The molecule has 1 heterocycles. The molecule has 2 amide bonds. The van der Waals surface area contributed by atoms with E-state index in [4.69, 9.17) is 9.84 Å². The summed E-state index contributed by atoms with van der Waals surface area (Å²) >= 11 is 0. The summed E-state index contributed by atoms with van der Waals surface area (Å²) < 4.78 is 6.91. The topological polar surface area (TPSA) is 76.5 Å². The minimum Gasteiger partial charge on any atom is -0.383 e. The fourth-order valence-corrected chi connectivity index (χ4v) is 3.35. The van der Waals surface area contributed by atoms with Gasteiger partial charge in [0.25, 0.3) is 0 Å². The zero-order valence-corrected chi connectivity index (χ0v) is 20.4. The summed E-state index contributed by atoms with van der Waals surface area (Å²) in [4.78, 5) is 27.2. The summed E-state index contributed by atoms with van der Waals surface area (Å²) in [6, 6.07) is 9.83. The van der Waals surface area contributed by atoms with Crippen LogP contribution in [0.1, 0.15) is 64.6 Å². The molecule has 0 bridgehead atoms. The first-order valence-corrected chi connectivity index (χ1v) is 11.4.